The third-order valence-corrected chi connectivity index (χ3v) is 3.01. The Morgan fingerprint density at radius 2 is 2.00 bits per heavy atom. The number of carbonyl (C=O) groups excluding carboxylic acids is 1. The quantitative estimate of drug-likeness (QED) is 0.773. The molecule has 0 saturated carbocycles. The topological polar surface area (TPSA) is 49.3 Å². The molecule has 1 amide bonds. The van der Waals surface area contributed by atoms with Gasteiger partial charge in [0.25, 0.3) is 0 Å². The maximum absolute atomic E-state index is 11.8. The molecular weight excluding hydrogens is 238 g/mol. The molecule has 0 saturated heterocycles. The van der Waals surface area contributed by atoms with Crippen LogP contribution in [0.5, 0.6) is 0 Å². The van der Waals surface area contributed by atoms with Gasteiger partial charge in [-0.15, -0.1) is 0 Å². The fourth-order valence-corrected chi connectivity index (χ4v) is 1.94. The largest absolute Gasteiger partial charge is 0.388 e. The Labute approximate surface area is 115 Å². The van der Waals surface area contributed by atoms with Crippen LogP contribution in [-0.2, 0) is 4.79 Å². The highest BCUT2D eigenvalue weighted by Crippen LogP contribution is 2.17. The minimum absolute atomic E-state index is 0.0605. The van der Waals surface area contributed by atoms with Gasteiger partial charge < -0.3 is 10.4 Å². The summed E-state index contributed by atoms with van der Waals surface area (Å²) in [7, 11) is 0. The number of allylic oxidation sites excluding steroid dienone is 1. The number of aliphatic hydroxyl groups is 1. The second kappa shape index (κ2) is 7.74. The molecule has 3 nitrogen and oxygen atoms in total. The van der Waals surface area contributed by atoms with Crippen LogP contribution in [-0.4, -0.2) is 17.1 Å². The number of hydrogen-bond acceptors (Lipinski definition) is 2. The normalized spacial score (nSPS) is 14.8. The second-order valence-corrected chi connectivity index (χ2v) is 4.83. The first-order chi connectivity index (χ1) is 9.04. The van der Waals surface area contributed by atoms with Crippen molar-refractivity contribution in [1.82, 2.24) is 5.32 Å². The van der Waals surface area contributed by atoms with Crippen LogP contribution in [0.2, 0.25) is 0 Å². The van der Waals surface area contributed by atoms with Crippen LogP contribution in [0.1, 0.15) is 45.3 Å². The van der Waals surface area contributed by atoms with Crippen molar-refractivity contribution in [2.75, 3.05) is 0 Å². The van der Waals surface area contributed by atoms with E-state index in [1.165, 1.54) is 0 Å². The molecule has 2 unspecified atom stereocenters. The van der Waals surface area contributed by atoms with Crippen molar-refractivity contribution in [3.63, 3.8) is 0 Å². The van der Waals surface area contributed by atoms with Crippen LogP contribution in [0.25, 0.3) is 0 Å². The molecule has 0 spiro atoms. The van der Waals surface area contributed by atoms with Gasteiger partial charge in [0.1, 0.15) is 0 Å². The number of aliphatic hydroxyl groups excluding tert-OH is 1. The van der Waals surface area contributed by atoms with Crippen molar-refractivity contribution >= 4 is 5.91 Å². The number of hydrogen-bond donors (Lipinski definition) is 2. The maximum Gasteiger partial charge on any atom is 0.246 e. The Hall–Kier alpha value is -1.61. The van der Waals surface area contributed by atoms with Gasteiger partial charge in [0, 0.05) is 11.6 Å². The molecule has 0 aromatic heterocycles. The van der Waals surface area contributed by atoms with Crippen LogP contribution in [0.15, 0.2) is 42.0 Å². The third-order valence-electron chi connectivity index (χ3n) is 3.01. The van der Waals surface area contributed by atoms with Gasteiger partial charge in [-0.3, -0.25) is 4.79 Å². The minimum atomic E-state index is -0.549. The molecule has 0 fully saturated rings. The van der Waals surface area contributed by atoms with E-state index in [1.807, 2.05) is 50.3 Å². The number of carbonyl (C=O) groups is 1. The lowest BCUT2D eigenvalue weighted by atomic mass is 10.0. The molecule has 1 aromatic carbocycles. The van der Waals surface area contributed by atoms with Crippen molar-refractivity contribution in [1.29, 1.82) is 0 Å². The van der Waals surface area contributed by atoms with E-state index in [4.69, 9.17) is 0 Å². The molecule has 0 bridgehead atoms. The Morgan fingerprint density at radius 1 is 1.37 bits per heavy atom. The first kappa shape index (κ1) is 15.4. The molecule has 0 aliphatic rings. The zero-order valence-electron chi connectivity index (χ0n) is 11.9. The van der Waals surface area contributed by atoms with Crippen LogP contribution in [0, 0.1) is 0 Å². The van der Waals surface area contributed by atoms with Crippen LogP contribution >= 0.6 is 0 Å². The highest BCUT2D eigenvalue weighted by molar-refractivity contribution is 5.92. The van der Waals surface area contributed by atoms with Gasteiger partial charge >= 0.3 is 0 Å². The molecule has 2 atom stereocenters. The van der Waals surface area contributed by atoms with E-state index in [0.29, 0.717) is 6.42 Å². The van der Waals surface area contributed by atoms with Crippen LogP contribution < -0.4 is 5.32 Å². The van der Waals surface area contributed by atoms with Gasteiger partial charge in [0.05, 0.1) is 6.10 Å². The van der Waals surface area contributed by atoms with Gasteiger partial charge in [-0.2, -0.15) is 0 Å². The van der Waals surface area contributed by atoms with Gasteiger partial charge in [-0.05, 0) is 32.3 Å². The fourth-order valence-electron chi connectivity index (χ4n) is 1.94. The summed E-state index contributed by atoms with van der Waals surface area (Å²) in [6.07, 6.45) is 2.71. The lowest BCUT2D eigenvalue weighted by molar-refractivity contribution is -0.118. The Morgan fingerprint density at radius 3 is 2.58 bits per heavy atom. The summed E-state index contributed by atoms with van der Waals surface area (Å²) in [5, 5.41) is 13.0. The van der Waals surface area contributed by atoms with Crippen LogP contribution in [0.3, 0.4) is 0 Å². The van der Waals surface area contributed by atoms with Gasteiger partial charge in [-0.1, -0.05) is 43.3 Å². The summed E-state index contributed by atoms with van der Waals surface area (Å²) in [6, 6.07) is 9.43. The number of nitrogens with one attached hydrogen (secondary N) is 1. The predicted molar refractivity (Wildman–Crippen MR) is 77.7 cm³/mol. The molecule has 0 radical (unpaired) electrons. The molecule has 0 heterocycles. The minimum Gasteiger partial charge on any atom is -0.388 e. The zero-order chi connectivity index (χ0) is 14.3. The van der Waals surface area contributed by atoms with Gasteiger partial charge in [0.15, 0.2) is 0 Å². The van der Waals surface area contributed by atoms with E-state index in [2.05, 4.69) is 5.32 Å². The van der Waals surface area contributed by atoms with Crippen molar-refractivity contribution in [3.05, 3.63) is 47.5 Å². The average Bonchev–Trinajstić information content (AvgIpc) is 2.39. The highest BCUT2D eigenvalue weighted by Gasteiger charge is 2.14. The van der Waals surface area contributed by atoms with Crippen molar-refractivity contribution in [2.45, 2.75) is 45.8 Å². The molecular formula is C16H23NO2. The molecule has 2 N–H and O–H groups in total. The van der Waals surface area contributed by atoms with Gasteiger partial charge in [0.2, 0.25) is 5.91 Å². The van der Waals surface area contributed by atoms with E-state index in [1.54, 1.807) is 6.92 Å². The van der Waals surface area contributed by atoms with Crippen molar-refractivity contribution in [3.8, 4) is 0 Å². The summed E-state index contributed by atoms with van der Waals surface area (Å²) in [6.45, 7) is 5.71. The first-order valence-corrected chi connectivity index (χ1v) is 6.75. The summed E-state index contributed by atoms with van der Waals surface area (Å²) in [4.78, 5) is 11.8. The molecule has 1 aromatic rings. The predicted octanol–water partition coefficient (Wildman–Crippen LogP) is 2.97. The number of benzene rings is 1. The lowest BCUT2D eigenvalue weighted by Gasteiger charge is -2.18. The smallest absolute Gasteiger partial charge is 0.246 e. The first-order valence-electron chi connectivity index (χ1n) is 6.75. The zero-order valence-corrected chi connectivity index (χ0v) is 11.9. The Balaban J connectivity index is 2.49. The molecule has 0 aliphatic carbocycles. The monoisotopic (exact) mass is 261 g/mol. The number of amides is 1. The molecule has 1 rings (SSSR count). The van der Waals surface area contributed by atoms with E-state index in [0.717, 1.165) is 17.6 Å². The van der Waals surface area contributed by atoms with Crippen molar-refractivity contribution in [2.24, 2.45) is 0 Å². The molecule has 0 aliphatic heterocycles. The van der Waals surface area contributed by atoms with Crippen LogP contribution in [0.4, 0.5) is 0 Å². The SMILES string of the molecule is CC/C=C(/C)C(=O)NC(C)CC(O)c1ccccc1. The van der Waals surface area contributed by atoms with E-state index in [-0.39, 0.29) is 11.9 Å². The summed E-state index contributed by atoms with van der Waals surface area (Å²) in [5.74, 6) is -0.0605. The fraction of sp³-hybridized carbons (Fsp3) is 0.438. The second-order valence-electron chi connectivity index (χ2n) is 4.83. The molecule has 19 heavy (non-hydrogen) atoms. The summed E-state index contributed by atoms with van der Waals surface area (Å²) < 4.78 is 0. The number of rotatable bonds is 6. The molecule has 3 heteroatoms. The highest BCUT2D eigenvalue weighted by atomic mass is 16.3. The van der Waals surface area contributed by atoms with Crippen molar-refractivity contribution < 1.29 is 9.90 Å². The van der Waals surface area contributed by atoms with E-state index >= 15 is 0 Å². The summed E-state index contributed by atoms with van der Waals surface area (Å²) in [5.41, 5.74) is 1.60. The Bertz CT molecular complexity index is 426. The standard InChI is InChI=1S/C16H23NO2/c1-4-8-12(2)16(19)17-13(3)11-15(18)14-9-6-5-7-10-14/h5-10,13,15,18H,4,11H2,1-3H3,(H,17,19)/b12-8-. The average molecular weight is 261 g/mol. The molecule has 104 valence electrons. The van der Waals surface area contributed by atoms with Gasteiger partial charge in [-0.25, -0.2) is 0 Å². The maximum atomic E-state index is 11.8. The van der Waals surface area contributed by atoms with E-state index < -0.39 is 6.10 Å². The van der Waals surface area contributed by atoms with E-state index in [9.17, 15) is 9.90 Å². The Kier molecular flexibility index (Phi) is 6.30. The lowest BCUT2D eigenvalue weighted by Crippen LogP contribution is -2.34. The summed E-state index contributed by atoms with van der Waals surface area (Å²) >= 11 is 0. The third kappa shape index (κ3) is 5.26.